The van der Waals surface area contributed by atoms with Crippen molar-refractivity contribution in [1.82, 2.24) is 19.1 Å². The predicted molar refractivity (Wildman–Crippen MR) is 77.1 cm³/mol. The van der Waals surface area contributed by atoms with Gasteiger partial charge < -0.3 is 10.3 Å². The normalized spacial score (nSPS) is 13.1. The molecule has 0 spiro atoms. The van der Waals surface area contributed by atoms with E-state index in [0.717, 1.165) is 35.8 Å². The minimum atomic E-state index is -0.0737. The van der Waals surface area contributed by atoms with Gasteiger partial charge in [-0.2, -0.15) is 0 Å². The summed E-state index contributed by atoms with van der Waals surface area (Å²) in [4.78, 5) is 5.49. The lowest BCUT2D eigenvalue weighted by atomic mass is 10.0. The van der Waals surface area contributed by atoms with E-state index < -0.39 is 0 Å². The average molecular weight is 279 g/mol. The van der Waals surface area contributed by atoms with Crippen molar-refractivity contribution in [2.24, 2.45) is 5.73 Å². The molecular weight excluding hydrogens is 258 g/mol. The Kier molecular flexibility index (Phi) is 4.66. The van der Waals surface area contributed by atoms with E-state index in [4.69, 9.17) is 5.73 Å². The molecule has 0 aromatic carbocycles. The third-order valence-corrected chi connectivity index (χ3v) is 3.96. The maximum atomic E-state index is 6.31. The van der Waals surface area contributed by atoms with Gasteiger partial charge in [-0.3, -0.25) is 0 Å². The smallest absolute Gasteiger partial charge is 0.110 e. The van der Waals surface area contributed by atoms with Crippen LogP contribution in [-0.2, 0) is 13.0 Å². The van der Waals surface area contributed by atoms with Crippen LogP contribution in [0.5, 0.6) is 0 Å². The van der Waals surface area contributed by atoms with Crippen LogP contribution in [-0.4, -0.2) is 19.1 Å². The summed E-state index contributed by atoms with van der Waals surface area (Å²) in [5, 5.41) is 4.19. The lowest BCUT2D eigenvalue weighted by molar-refractivity contribution is 0.597. The van der Waals surface area contributed by atoms with Gasteiger partial charge in [-0.15, -0.1) is 5.10 Å². The molecule has 2 aromatic rings. The number of aromatic nitrogens is 4. The molecule has 2 N–H and O–H groups in total. The Morgan fingerprint density at radius 3 is 2.89 bits per heavy atom. The van der Waals surface area contributed by atoms with E-state index in [2.05, 4.69) is 39.9 Å². The molecule has 2 aromatic heterocycles. The SMILES string of the molecule is CCCn1ccnc1CC(N)c1snnc1C(C)C. The summed E-state index contributed by atoms with van der Waals surface area (Å²) < 4.78 is 6.21. The molecule has 6 heteroatoms. The fraction of sp³-hybridized carbons (Fsp3) is 0.615. The second kappa shape index (κ2) is 6.25. The second-order valence-electron chi connectivity index (χ2n) is 5.02. The Balaban J connectivity index is 2.14. The van der Waals surface area contributed by atoms with Gasteiger partial charge >= 0.3 is 0 Å². The highest BCUT2D eigenvalue weighted by atomic mass is 32.1. The molecule has 0 saturated carbocycles. The number of hydrogen-bond donors (Lipinski definition) is 1. The minimum absolute atomic E-state index is 0.0737. The monoisotopic (exact) mass is 279 g/mol. The molecule has 19 heavy (non-hydrogen) atoms. The van der Waals surface area contributed by atoms with Crippen LogP contribution in [0.1, 0.15) is 55.5 Å². The lowest BCUT2D eigenvalue weighted by Crippen LogP contribution is -2.17. The number of nitrogens with two attached hydrogens (primary N) is 1. The number of aryl methyl sites for hydroxylation is 1. The zero-order chi connectivity index (χ0) is 13.8. The molecular formula is C13H21N5S. The van der Waals surface area contributed by atoms with Crippen LogP contribution in [0.4, 0.5) is 0 Å². The molecule has 2 heterocycles. The Bertz CT molecular complexity index is 517. The van der Waals surface area contributed by atoms with Crippen LogP contribution in [0.25, 0.3) is 0 Å². The quantitative estimate of drug-likeness (QED) is 0.882. The van der Waals surface area contributed by atoms with E-state index in [1.807, 2.05) is 12.4 Å². The molecule has 2 rings (SSSR count). The number of rotatable bonds is 6. The van der Waals surface area contributed by atoms with Crippen LogP contribution in [0.3, 0.4) is 0 Å². The first-order valence-corrected chi connectivity index (χ1v) is 7.48. The fourth-order valence-corrected chi connectivity index (χ4v) is 2.93. The van der Waals surface area contributed by atoms with Crippen LogP contribution in [0, 0.1) is 0 Å². The standard InChI is InChI=1S/C13H21N5S/c1-4-6-18-7-5-15-11(18)8-10(14)13-12(9(2)3)16-17-19-13/h5,7,9-10H,4,6,8,14H2,1-3H3. The third-order valence-electron chi connectivity index (χ3n) is 3.09. The van der Waals surface area contributed by atoms with Gasteiger partial charge in [0.1, 0.15) is 5.82 Å². The van der Waals surface area contributed by atoms with Gasteiger partial charge in [0, 0.05) is 31.4 Å². The number of hydrogen-bond acceptors (Lipinski definition) is 5. The first-order chi connectivity index (χ1) is 9.13. The van der Waals surface area contributed by atoms with E-state index in [1.165, 1.54) is 11.5 Å². The summed E-state index contributed by atoms with van der Waals surface area (Å²) >= 11 is 1.40. The highest BCUT2D eigenvalue weighted by Gasteiger charge is 2.19. The fourth-order valence-electron chi connectivity index (χ4n) is 2.13. The summed E-state index contributed by atoms with van der Waals surface area (Å²) in [7, 11) is 0. The van der Waals surface area contributed by atoms with E-state index in [0.29, 0.717) is 5.92 Å². The predicted octanol–water partition coefficient (Wildman–Crippen LogP) is 2.51. The molecule has 0 aliphatic heterocycles. The highest BCUT2D eigenvalue weighted by molar-refractivity contribution is 7.05. The third kappa shape index (κ3) is 3.19. The molecule has 0 radical (unpaired) electrons. The van der Waals surface area contributed by atoms with Crippen molar-refractivity contribution >= 4 is 11.5 Å². The summed E-state index contributed by atoms with van der Waals surface area (Å²) in [6.45, 7) is 7.38. The van der Waals surface area contributed by atoms with Crippen molar-refractivity contribution in [3.63, 3.8) is 0 Å². The van der Waals surface area contributed by atoms with Crippen LogP contribution in [0.2, 0.25) is 0 Å². The molecule has 5 nitrogen and oxygen atoms in total. The second-order valence-corrected chi connectivity index (χ2v) is 5.81. The first kappa shape index (κ1) is 14.1. The van der Waals surface area contributed by atoms with Crippen molar-refractivity contribution in [2.45, 2.75) is 52.1 Å². The Labute approximate surface area is 118 Å². The molecule has 0 fully saturated rings. The van der Waals surface area contributed by atoms with E-state index in [-0.39, 0.29) is 6.04 Å². The van der Waals surface area contributed by atoms with Crippen molar-refractivity contribution < 1.29 is 0 Å². The van der Waals surface area contributed by atoms with Gasteiger partial charge in [-0.1, -0.05) is 25.3 Å². The van der Waals surface area contributed by atoms with Crippen molar-refractivity contribution in [3.8, 4) is 0 Å². The zero-order valence-electron chi connectivity index (χ0n) is 11.7. The van der Waals surface area contributed by atoms with Gasteiger partial charge in [0.05, 0.1) is 10.6 Å². The minimum Gasteiger partial charge on any atom is -0.335 e. The van der Waals surface area contributed by atoms with Crippen LogP contribution in [0.15, 0.2) is 12.4 Å². The first-order valence-electron chi connectivity index (χ1n) is 6.71. The molecule has 0 bridgehead atoms. The van der Waals surface area contributed by atoms with Crippen LogP contribution < -0.4 is 5.73 Å². The van der Waals surface area contributed by atoms with Gasteiger partial charge in [0.15, 0.2) is 0 Å². The molecule has 0 saturated heterocycles. The molecule has 0 amide bonds. The lowest BCUT2D eigenvalue weighted by Gasteiger charge is -2.13. The average Bonchev–Trinajstić information content (AvgIpc) is 2.98. The molecule has 0 aliphatic rings. The van der Waals surface area contributed by atoms with Crippen molar-refractivity contribution in [3.05, 3.63) is 28.8 Å². The van der Waals surface area contributed by atoms with E-state index in [9.17, 15) is 0 Å². The van der Waals surface area contributed by atoms with Crippen molar-refractivity contribution in [2.75, 3.05) is 0 Å². The van der Waals surface area contributed by atoms with Crippen molar-refractivity contribution in [1.29, 1.82) is 0 Å². The van der Waals surface area contributed by atoms with Gasteiger partial charge in [-0.25, -0.2) is 4.98 Å². The van der Waals surface area contributed by atoms with Gasteiger partial charge in [0.25, 0.3) is 0 Å². The Morgan fingerprint density at radius 2 is 2.21 bits per heavy atom. The number of nitrogens with zero attached hydrogens (tertiary/aromatic N) is 4. The largest absolute Gasteiger partial charge is 0.335 e. The summed E-state index contributed by atoms with van der Waals surface area (Å²) in [6, 6.07) is -0.0737. The highest BCUT2D eigenvalue weighted by Crippen LogP contribution is 2.26. The number of imidazole rings is 1. The molecule has 0 aliphatic carbocycles. The molecule has 1 unspecified atom stereocenters. The summed E-state index contributed by atoms with van der Waals surface area (Å²) in [6.07, 6.45) is 5.68. The topological polar surface area (TPSA) is 69.6 Å². The van der Waals surface area contributed by atoms with Gasteiger partial charge in [0.2, 0.25) is 0 Å². The maximum absolute atomic E-state index is 6.31. The molecule has 1 atom stereocenters. The summed E-state index contributed by atoms with van der Waals surface area (Å²) in [5.41, 5.74) is 7.33. The Morgan fingerprint density at radius 1 is 1.42 bits per heavy atom. The van der Waals surface area contributed by atoms with Gasteiger partial charge in [-0.05, 0) is 23.9 Å². The van der Waals surface area contributed by atoms with E-state index >= 15 is 0 Å². The zero-order valence-corrected chi connectivity index (χ0v) is 12.5. The van der Waals surface area contributed by atoms with Crippen LogP contribution >= 0.6 is 11.5 Å². The molecule has 104 valence electrons. The summed E-state index contributed by atoms with van der Waals surface area (Å²) in [5.74, 6) is 1.40. The Hall–Kier alpha value is -1.27. The maximum Gasteiger partial charge on any atom is 0.110 e. The van der Waals surface area contributed by atoms with E-state index in [1.54, 1.807) is 0 Å².